The SMILES string of the molecule is CN(C)[C@@H]1CCN(c2cc(N3CCC(Cc4ccccc4)C3)c(F)cc2/C=N/NC(N)=S)C1. The molecule has 0 aliphatic carbocycles. The number of likely N-dealkylation sites (N-methyl/N-ethyl adjacent to an activating group) is 1. The van der Waals surface area contributed by atoms with Crippen LogP contribution in [0.4, 0.5) is 15.8 Å². The Hall–Kier alpha value is -2.71. The molecule has 6 nitrogen and oxygen atoms in total. The number of benzene rings is 2. The van der Waals surface area contributed by atoms with Gasteiger partial charge < -0.3 is 20.4 Å². The lowest BCUT2D eigenvalue weighted by molar-refractivity contribution is 0.315. The van der Waals surface area contributed by atoms with E-state index >= 15 is 4.39 Å². The van der Waals surface area contributed by atoms with Crippen molar-refractivity contribution in [3.05, 3.63) is 59.4 Å². The fourth-order valence-corrected chi connectivity index (χ4v) is 4.95. The molecule has 176 valence electrons. The summed E-state index contributed by atoms with van der Waals surface area (Å²) in [6, 6.07) is 14.6. The van der Waals surface area contributed by atoms with E-state index in [1.54, 1.807) is 12.3 Å². The van der Waals surface area contributed by atoms with Crippen molar-refractivity contribution in [1.29, 1.82) is 0 Å². The molecule has 2 fully saturated rings. The van der Waals surface area contributed by atoms with Gasteiger partial charge in [-0.05, 0) is 69.2 Å². The molecule has 2 aromatic rings. The van der Waals surface area contributed by atoms with Gasteiger partial charge in [-0.3, -0.25) is 5.43 Å². The van der Waals surface area contributed by atoms with Gasteiger partial charge in [-0.1, -0.05) is 30.3 Å². The number of rotatable bonds is 7. The van der Waals surface area contributed by atoms with E-state index < -0.39 is 0 Å². The molecule has 4 rings (SSSR count). The molecule has 0 radical (unpaired) electrons. The Kier molecular flexibility index (Phi) is 7.45. The van der Waals surface area contributed by atoms with Gasteiger partial charge in [0.1, 0.15) is 5.82 Å². The van der Waals surface area contributed by atoms with Gasteiger partial charge in [-0.2, -0.15) is 5.10 Å². The number of thiocarbonyl (C=S) groups is 1. The highest BCUT2D eigenvalue weighted by atomic mass is 32.1. The summed E-state index contributed by atoms with van der Waals surface area (Å²) in [7, 11) is 4.21. The first-order valence-corrected chi connectivity index (χ1v) is 11.9. The molecule has 33 heavy (non-hydrogen) atoms. The smallest absolute Gasteiger partial charge is 0.184 e. The Labute approximate surface area is 201 Å². The number of nitrogens with one attached hydrogen (secondary N) is 1. The molecular formula is C25H33FN6S. The second-order valence-electron chi connectivity index (χ2n) is 9.24. The van der Waals surface area contributed by atoms with Crippen molar-refractivity contribution in [2.24, 2.45) is 16.8 Å². The van der Waals surface area contributed by atoms with Crippen LogP contribution in [-0.4, -0.2) is 62.5 Å². The van der Waals surface area contributed by atoms with E-state index in [1.807, 2.05) is 12.1 Å². The summed E-state index contributed by atoms with van der Waals surface area (Å²) in [5.41, 5.74) is 11.8. The third-order valence-electron chi connectivity index (χ3n) is 6.70. The number of anilines is 2. The van der Waals surface area contributed by atoms with Crippen LogP contribution >= 0.6 is 12.2 Å². The Bertz CT molecular complexity index is 996. The van der Waals surface area contributed by atoms with Crippen molar-refractivity contribution in [1.82, 2.24) is 10.3 Å². The fourth-order valence-electron chi connectivity index (χ4n) is 4.90. The van der Waals surface area contributed by atoms with Gasteiger partial charge in [0, 0.05) is 43.5 Å². The Morgan fingerprint density at radius 3 is 2.58 bits per heavy atom. The van der Waals surface area contributed by atoms with Crippen LogP contribution in [-0.2, 0) is 6.42 Å². The largest absolute Gasteiger partial charge is 0.375 e. The fraction of sp³-hybridized carbons (Fsp3) is 0.440. The van der Waals surface area contributed by atoms with E-state index in [9.17, 15) is 0 Å². The highest BCUT2D eigenvalue weighted by molar-refractivity contribution is 7.80. The van der Waals surface area contributed by atoms with Crippen LogP contribution < -0.4 is 21.0 Å². The minimum atomic E-state index is -0.223. The zero-order valence-electron chi connectivity index (χ0n) is 19.4. The minimum absolute atomic E-state index is 0.0836. The number of halogens is 1. The molecule has 3 N–H and O–H groups in total. The van der Waals surface area contributed by atoms with Crippen LogP contribution in [0.5, 0.6) is 0 Å². The Morgan fingerprint density at radius 2 is 1.88 bits per heavy atom. The highest BCUT2D eigenvalue weighted by Crippen LogP contribution is 2.35. The third kappa shape index (κ3) is 5.81. The summed E-state index contributed by atoms with van der Waals surface area (Å²) in [5.74, 6) is 0.301. The van der Waals surface area contributed by atoms with Gasteiger partial charge >= 0.3 is 0 Å². The molecule has 1 unspecified atom stereocenters. The summed E-state index contributed by atoms with van der Waals surface area (Å²) in [5, 5.41) is 4.18. The van der Waals surface area contributed by atoms with Crippen LogP contribution in [0.1, 0.15) is 24.0 Å². The van der Waals surface area contributed by atoms with Crippen LogP contribution in [0.3, 0.4) is 0 Å². The molecule has 2 aliphatic rings. The van der Waals surface area contributed by atoms with E-state index in [4.69, 9.17) is 18.0 Å². The first-order valence-electron chi connectivity index (χ1n) is 11.5. The average Bonchev–Trinajstić information content (AvgIpc) is 3.45. The summed E-state index contributed by atoms with van der Waals surface area (Å²) >= 11 is 4.83. The third-order valence-corrected chi connectivity index (χ3v) is 6.79. The van der Waals surface area contributed by atoms with Crippen molar-refractivity contribution >= 4 is 34.9 Å². The maximum atomic E-state index is 15.3. The van der Waals surface area contributed by atoms with E-state index in [2.05, 4.69) is 63.6 Å². The topological polar surface area (TPSA) is 60.1 Å². The second kappa shape index (κ2) is 10.5. The second-order valence-corrected chi connectivity index (χ2v) is 9.68. The van der Waals surface area contributed by atoms with Crippen LogP contribution in [0.25, 0.3) is 0 Å². The minimum Gasteiger partial charge on any atom is -0.375 e. The molecule has 0 bridgehead atoms. The average molecular weight is 469 g/mol. The molecule has 8 heteroatoms. The standard InChI is InChI=1S/C25H33FN6S/c1-30(2)21-9-11-32(17-21)23-14-24(22(26)13-20(23)15-28-29-25(27)33)31-10-8-19(16-31)12-18-6-4-3-5-7-18/h3-7,13-15,19,21H,8-12,16-17H2,1-2H3,(H3,27,29,33)/b28-15+/t19?,21-/m1/s1. The van der Waals surface area contributed by atoms with Crippen LogP contribution in [0.15, 0.2) is 47.6 Å². The lowest BCUT2D eigenvalue weighted by atomic mass is 9.99. The molecule has 2 saturated heterocycles. The van der Waals surface area contributed by atoms with E-state index in [-0.39, 0.29) is 10.9 Å². The highest BCUT2D eigenvalue weighted by Gasteiger charge is 2.29. The van der Waals surface area contributed by atoms with Crippen molar-refractivity contribution in [2.75, 3.05) is 50.1 Å². The van der Waals surface area contributed by atoms with Crippen molar-refractivity contribution in [2.45, 2.75) is 25.3 Å². The van der Waals surface area contributed by atoms with Gasteiger partial charge in [-0.25, -0.2) is 4.39 Å². The number of hydrazone groups is 1. The predicted octanol–water partition coefficient (Wildman–Crippen LogP) is 3.20. The molecular weight excluding hydrogens is 435 g/mol. The first kappa shape index (κ1) is 23.4. The molecule has 2 heterocycles. The predicted molar refractivity (Wildman–Crippen MR) is 139 cm³/mol. The molecule has 0 aromatic heterocycles. The van der Waals surface area contributed by atoms with E-state index in [0.717, 1.165) is 56.7 Å². The molecule has 2 atom stereocenters. The number of hydrogen-bond donors (Lipinski definition) is 2. The van der Waals surface area contributed by atoms with Gasteiger partial charge in [-0.15, -0.1) is 0 Å². The van der Waals surface area contributed by atoms with Gasteiger partial charge in [0.2, 0.25) is 0 Å². The normalized spacial score (nSPS) is 20.8. The molecule has 0 saturated carbocycles. The summed E-state index contributed by atoms with van der Waals surface area (Å²) in [6.07, 6.45) is 4.77. The first-order chi connectivity index (χ1) is 15.9. The summed E-state index contributed by atoms with van der Waals surface area (Å²) in [4.78, 5) is 6.77. The molecule has 2 aliphatic heterocycles. The number of nitrogens with two attached hydrogens (primary N) is 1. The zero-order chi connectivity index (χ0) is 23.4. The lowest BCUT2D eigenvalue weighted by Gasteiger charge is -2.26. The maximum absolute atomic E-state index is 15.3. The van der Waals surface area contributed by atoms with Crippen molar-refractivity contribution in [3.8, 4) is 0 Å². The van der Waals surface area contributed by atoms with E-state index in [1.165, 1.54) is 5.56 Å². The Balaban J connectivity index is 1.57. The van der Waals surface area contributed by atoms with E-state index in [0.29, 0.717) is 17.6 Å². The van der Waals surface area contributed by atoms with Gasteiger partial charge in [0.05, 0.1) is 11.9 Å². The van der Waals surface area contributed by atoms with Crippen molar-refractivity contribution in [3.63, 3.8) is 0 Å². The zero-order valence-corrected chi connectivity index (χ0v) is 20.2. The van der Waals surface area contributed by atoms with Crippen LogP contribution in [0.2, 0.25) is 0 Å². The number of nitrogens with zero attached hydrogens (tertiary/aromatic N) is 4. The quantitative estimate of drug-likeness (QED) is 0.370. The summed E-state index contributed by atoms with van der Waals surface area (Å²) < 4.78 is 15.3. The molecule has 2 aromatic carbocycles. The lowest BCUT2D eigenvalue weighted by Crippen LogP contribution is -2.32. The summed E-state index contributed by atoms with van der Waals surface area (Å²) in [6.45, 7) is 3.55. The van der Waals surface area contributed by atoms with Crippen LogP contribution in [0, 0.1) is 11.7 Å². The van der Waals surface area contributed by atoms with Crippen molar-refractivity contribution < 1.29 is 4.39 Å². The molecule has 0 spiro atoms. The van der Waals surface area contributed by atoms with Gasteiger partial charge in [0.15, 0.2) is 5.11 Å². The molecule has 0 amide bonds. The maximum Gasteiger partial charge on any atom is 0.184 e. The number of hydrogen-bond acceptors (Lipinski definition) is 5. The van der Waals surface area contributed by atoms with Gasteiger partial charge in [0.25, 0.3) is 0 Å². The Morgan fingerprint density at radius 1 is 1.15 bits per heavy atom. The monoisotopic (exact) mass is 468 g/mol.